The Morgan fingerprint density at radius 2 is 1.50 bits per heavy atom. The highest BCUT2D eigenvalue weighted by Gasteiger charge is 2.27. The van der Waals surface area contributed by atoms with E-state index in [1.54, 1.807) is 12.1 Å². The van der Waals surface area contributed by atoms with Crippen molar-refractivity contribution in [2.45, 2.75) is 22.6 Å². The number of hydrogen-bond donors (Lipinski definition) is 1. The molecule has 3 rings (SSSR count). The zero-order chi connectivity index (χ0) is 23.4. The molecule has 9 nitrogen and oxygen atoms in total. The van der Waals surface area contributed by atoms with Gasteiger partial charge in [-0.1, -0.05) is 0 Å². The Kier molecular flexibility index (Phi) is 7.55. The molecule has 2 aromatic rings. The zero-order valence-electron chi connectivity index (χ0n) is 18.0. The largest absolute Gasteiger partial charge is 0.492 e. The predicted molar refractivity (Wildman–Crippen MR) is 120 cm³/mol. The number of hydrogen-bond acceptors (Lipinski definition) is 6. The quantitative estimate of drug-likeness (QED) is 0.544. The van der Waals surface area contributed by atoms with Crippen LogP contribution in [-0.4, -0.2) is 71.7 Å². The van der Waals surface area contributed by atoms with Crippen LogP contribution >= 0.6 is 0 Å². The Hall–Kier alpha value is -2.47. The molecule has 1 saturated heterocycles. The van der Waals surface area contributed by atoms with E-state index in [-0.39, 0.29) is 28.8 Å². The Bertz CT molecular complexity index is 1140. The van der Waals surface area contributed by atoms with Gasteiger partial charge in [-0.3, -0.25) is 4.79 Å². The highest BCUT2D eigenvalue weighted by Crippen LogP contribution is 2.21. The van der Waals surface area contributed by atoms with Crippen LogP contribution < -0.4 is 10.1 Å². The highest BCUT2D eigenvalue weighted by molar-refractivity contribution is 7.89. The van der Waals surface area contributed by atoms with Crippen molar-refractivity contribution in [3.8, 4) is 5.75 Å². The molecule has 0 aliphatic carbocycles. The maximum absolute atomic E-state index is 12.5. The average Bonchev–Trinajstić information content (AvgIpc) is 3.33. The van der Waals surface area contributed by atoms with Crippen LogP contribution in [0.25, 0.3) is 0 Å². The molecule has 0 radical (unpaired) electrons. The molecule has 2 aromatic carbocycles. The van der Waals surface area contributed by atoms with E-state index < -0.39 is 20.0 Å². The zero-order valence-corrected chi connectivity index (χ0v) is 19.7. The molecule has 32 heavy (non-hydrogen) atoms. The molecule has 0 saturated carbocycles. The van der Waals surface area contributed by atoms with Crippen LogP contribution in [0.15, 0.2) is 58.3 Å². The molecule has 0 bridgehead atoms. The monoisotopic (exact) mass is 481 g/mol. The summed E-state index contributed by atoms with van der Waals surface area (Å²) < 4.78 is 57.3. The van der Waals surface area contributed by atoms with Crippen molar-refractivity contribution in [3.63, 3.8) is 0 Å². The summed E-state index contributed by atoms with van der Waals surface area (Å²) in [5.74, 6) is 0.138. The standard InChI is InChI=1S/C21H27N3O6S2/c1-23(2)31(26,27)19-11-7-18(8-12-19)30-16-13-22-21(25)17-5-9-20(10-6-17)32(28,29)24-14-3-4-15-24/h5-12H,3-4,13-16H2,1-2H3,(H,22,25). The van der Waals surface area contributed by atoms with Crippen LogP contribution in [0.3, 0.4) is 0 Å². The Morgan fingerprint density at radius 3 is 2.06 bits per heavy atom. The van der Waals surface area contributed by atoms with Gasteiger partial charge in [-0.05, 0) is 61.4 Å². The molecule has 0 unspecified atom stereocenters. The van der Waals surface area contributed by atoms with Gasteiger partial charge in [0.15, 0.2) is 0 Å². The normalized spacial score (nSPS) is 15.1. The summed E-state index contributed by atoms with van der Waals surface area (Å²) in [6.07, 6.45) is 1.72. The number of benzene rings is 2. The minimum absolute atomic E-state index is 0.165. The minimum atomic E-state index is -3.51. The van der Waals surface area contributed by atoms with Crippen LogP contribution in [0, 0.1) is 0 Å². The molecule has 1 amide bonds. The molecule has 1 fully saturated rings. The van der Waals surface area contributed by atoms with Gasteiger partial charge in [-0.2, -0.15) is 4.31 Å². The molecule has 174 valence electrons. The number of rotatable bonds is 9. The van der Waals surface area contributed by atoms with Gasteiger partial charge in [0.05, 0.1) is 16.3 Å². The summed E-state index contributed by atoms with van der Waals surface area (Å²) in [6, 6.07) is 11.9. The van der Waals surface area contributed by atoms with E-state index in [1.165, 1.54) is 54.8 Å². The van der Waals surface area contributed by atoms with E-state index in [9.17, 15) is 21.6 Å². The van der Waals surface area contributed by atoms with Gasteiger partial charge in [-0.25, -0.2) is 21.1 Å². The van der Waals surface area contributed by atoms with Crippen LogP contribution in [-0.2, 0) is 20.0 Å². The molecular weight excluding hydrogens is 454 g/mol. The van der Waals surface area contributed by atoms with E-state index in [0.717, 1.165) is 17.1 Å². The van der Waals surface area contributed by atoms with Gasteiger partial charge in [0.25, 0.3) is 5.91 Å². The predicted octanol–water partition coefficient (Wildman–Crippen LogP) is 1.53. The molecule has 1 N–H and O–H groups in total. The first-order valence-electron chi connectivity index (χ1n) is 10.2. The molecule has 0 aromatic heterocycles. The van der Waals surface area contributed by atoms with E-state index >= 15 is 0 Å². The topological polar surface area (TPSA) is 113 Å². The summed E-state index contributed by atoms with van der Waals surface area (Å²) >= 11 is 0. The van der Waals surface area contributed by atoms with Crippen molar-refractivity contribution in [2.75, 3.05) is 40.3 Å². The molecule has 1 aliphatic heterocycles. The first-order valence-corrected chi connectivity index (χ1v) is 13.0. The second-order valence-corrected chi connectivity index (χ2v) is 11.6. The lowest BCUT2D eigenvalue weighted by Gasteiger charge is -2.15. The Labute approximate surface area is 189 Å². The fourth-order valence-corrected chi connectivity index (χ4v) is 5.63. The first-order chi connectivity index (χ1) is 15.1. The smallest absolute Gasteiger partial charge is 0.251 e. The summed E-state index contributed by atoms with van der Waals surface area (Å²) in [6.45, 7) is 1.47. The molecule has 1 heterocycles. The van der Waals surface area contributed by atoms with Gasteiger partial charge in [0.2, 0.25) is 20.0 Å². The van der Waals surface area contributed by atoms with Crippen molar-refractivity contribution < 1.29 is 26.4 Å². The lowest BCUT2D eigenvalue weighted by atomic mass is 10.2. The Morgan fingerprint density at radius 1 is 0.938 bits per heavy atom. The number of sulfonamides is 2. The minimum Gasteiger partial charge on any atom is -0.492 e. The molecule has 0 atom stereocenters. The van der Waals surface area contributed by atoms with Crippen molar-refractivity contribution in [1.29, 1.82) is 0 Å². The van der Waals surface area contributed by atoms with Crippen molar-refractivity contribution in [1.82, 2.24) is 13.9 Å². The van der Waals surface area contributed by atoms with Crippen molar-refractivity contribution >= 4 is 26.0 Å². The fourth-order valence-electron chi connectivity index (χ4n) is 3.21. The summed E-state index contributed by atoms with van der Waals surface area (Å²) in [5, 5.41) is 2.71. The maximum Gasteiger partial charge on any atom is 0.251 e. The molecule has 1 aliphatic rings. The van der Waals surface area contributed by atoms with E-state index in [2.05, 4.69) is 5.32 Å². The van der Waals surface area contributed by atoms with Crippen LogP contribution in [0.1, 0.15) is 23.2 Å². The van der Waals surface area contributed by atoms with Crippen LogP contribution in [0.5, 0.6) is 5.75 Å². The van der Waals surface area contributed by atoms with E-state index in [0.29, 0.717) is 24.4 Å². The molecule has 0 spiro atoms. The third-order valence-corrected chi connectivity index (χ3v) is 8.82. The molecule has 11 heteroatoms. The second-order valence-electron chi connectivity index (χ2n) is 7.50. The summed E-state index contributed by atoms with van der Waals surface area (Å²) in [7, 11) is -4.08. The number of nitrogens with one attached hydrogen (secondary N) is 1. The van der Waals surface area contributed by atoms with Gasteiger partial charge in [0, 0.05) is 32.7 Å². The van der Waals surface area contributed by atoms with E-state index in [4.69, 9.17) is 4.74 Å². The number of ether oxygens (including phenoxy) is 1. The van der Waals surface area contributed by atoms with Gasteiger partial charge >= 0.3 is 0 Å². The SMILES string of the molecule is CN(C)S(=O)(=O)c1ccc(OCCNC(=O)c2ccc(S(=O)(=O)N3CCCC3)cc2)cc1. The summed E-state index contributed by atoms with van der Waals surface area (Å²) in [4.78, 5) is 12.6. The maximum atomic E-state index is 12.5. The van der Waals surface area contributed by atoms with E-state index in [1.807, 2.05) is 0 Å². The second kappa shape index (κ2) is 9.99. The fraction of sp³-hybridized carbons (Fsp3) is 0.381. The Balaban J connectivity index is 1.49. The van der Waals surface area contributed by atoms with Crippen LogP contribution in [0.2, 0.25) is 0 Å². The number of nitrogens with zero attached hydrogens (tertiary/aromatic N) is 2. The first kappa shape index (κ1) is 24.2. The van der Waals surface area contributed by atoms with Gasteiger partial charge in [-0.15, -0.1) is 0 Å². The van der Waals surface area contributed by atoms with Crippen LogP contribution in [0.4, 0.5) is 0 Å². The number of carbonyl (C=O) groups is 1. The van der Waals surface area contributed by atoms with Gasteiger partial charge in [0.1, 0.15) is 12.4 Å². The third kappa shape index (κ3) is 5.47. The highest BCUT2D eigenvalue weighted by atomic mass is 32.2. The number of carbonyl (C=O) groups excluding carboxylic acids is 1. The summed E-state index contributed by atoms with van der Waals surface area (Å²) in [5.41, 5.74) is 0.351. The average molecular weight is 482 g/mol. The third-order valence-electron chi connectivity index (χ3n) is 5.08. The lowest BCUT2D eigenvalue weighted by molar-refractivity contribution is 0.0947. The molecular formula is C21H27N3O6S2. The van der Waals surface area contributed by atoms with Crippen molar-refractivity contribution in [3.05, 3.63) is 54.1 Å². The van der Waals surface area contributed by atoms with Gasteiger partial charge < -0.3 is 10.1 Å². The number of amides is 1. The van der Waals surface area contributed by atoms with Crippen molar-refractivity contribution in [2.24, 2.45) is 0 Å². The lowest BCUT2D eigenvalue weighted by Crippen LogP contribution is -2.29.